The molecule has 78 heavy (non-hydrogen) atoms. The molecule has 424 valence electrons. The Bertz CT molecular complexity index is 2640. The summed E-state index contributed by atoms with van der Waals surface area (Å²) < 4.78 is 23.8. The van der Waals surface area contributed by atoms with Crippen LogP contribution >= 0.6 is 0 Å². The Labute approximate surface area is 450 Å². The van der Waals surface area contributed by atoms with Gasteiger partial charge in [0.2, 0.25) is 29.5 Å². The molecule has 0 saturated heterocycles. The second-order valence-corrected chi connectivity index (χ2v) is 18.0. The van der Waals surface area contributed by atoms with Crippen molar-refractivity contribution >= 4 is 76.1 Å². The normalized spacial score (nSPS) is 11.9. The number of aromatic nitrogens is 4. The number of imidazole rings is 1. The predicted octanol–water partition coefficient (Wildman–Crippen LogP) is 2.14. The third-order valence-electron chi connectivity index (χ3n) is 11.3. The quantitative estimate of drug-likeness (QED) is 0.0228. The molecule has 0 spiro atoms. The summed E-state index contributed by atoms with van der Waals surface area (Å²) in [5.74, 6) is -6.02. The summed E-state index contributed by atoms with van der Waals surface area (Å²) in [6.07, 6.45) is 4.72. The molecule has 0 bridgehead atoms. The Morgan fingerprint density at radius 1 is 0.718 bits per heavy atom. The lowest BCUT2D eigenvalue weighted by Gasteiger charge is -2.24. The number of rotatable bonds is 37. The molecule has 2 aromatic heterocycles. The van der Waals surface area contributed by atoms with E-state index in [1.54, 1.807) is 62.4 Å². The minimum atomic E-state index is -1.46. The average Bonchev–Trinajstić information content (AvgIpc) is 3.77. The van der Waals surface area contributed by atoms with Gasteiger partial charge in [-0.25, -0.2) is 4.79 Å². The highest BCUT2D eigenvalue weighted by Crippen LogP contribution is 2.26. The molecule has 26 nitrogen and oxygen atoms in total. The minimum absolute atomic E-state index is 0.0167. The summed E-state index contributed by atoms with van der Waals surface area (Å²) >= 11 is 0. The van der Waals surface area contributed by atoms with Gasteiger partial charge in [-0.2, -0.15) is 15.0 Å². The number of nitrogens with zero attached hydrogens (tertiary/aromatic N) is 4. The van der Waals surface area contributed by atoms with Crippen LogP contribution in [0.3, 0.4) is 0 Å². The fourth-order valence-electron chi connectivity index (χ4n) is 7.03. The van der Waals surface area contributed by atoms with Crippen LogP contribution in [0, 0.1) is 5.92 Å². The number of benzene rings is 2. The molecule has 0 aliphatic rings. The Kier molecular flexibility index (Phi) is 26.9. The highest BCUT2D eigenvalue weighted by molar-refractivity contribution is 5.97. The number of nitrogens with two attached hydrogens (primary N) is 1. The van der Waals surface area contributed by atoms with Crippen molar-refractivity contribution in [3.63, 3.8) is 0 Å². The molecule has 2 heterocycles. The van der Waals surface area contributed by atoms with Gasteiger partial charge in [0, 0.05) is 62.9 Å². The second kappa shape index (κ2) is 33.7. The van der Waals surface area contributed by atoms with Crippen molar-refractivity contribution in [1.29, 1.82) is 0 Å². The predicted molar refractivity (Wildman–Crippen MR) is 284 cm³/mol. The van der Waals surface area contributed by atoms with E-state index in [9.17, 15) is 48.6 Å². The number of carbonyl (C=O) groups excluding carboxylic acids is 6. The van der Waals surface area contributed by atoms with Gasteiger partial charge in [0.25, 0.3) is 11.9 Å². The average molecular weight is 1090 g/mol. The van der Waals surface area contributed by atoms with Gasteiger partial charge in [0.05, 0.1) is 46.1 Å². The zero-order chi connectivity index (χ0) is 56.8. The molecule has 0 aliphatic carbocycles. The lowest BCUT2D eigenvalue weighted by molar-refractivity contribution is -0.143. The Balaban J connectivity index is 0.967. The molecule has 4 rings (SSSR count). The molecule has 6 amide bonds. The smallest absolute Gasteiger partial charge is 0.326 e. The van der Waals surface area contributed by atoms with Gasteiger partial charge in [-0.1, -0.05) is 51.5 Å². The van der Waals surface area contributed by atoms with Crippen LogP contribution in [-0.2, 0) is 54.3 Å². The van der Waals surface area contributed by atoms with E-state index in [1.807, 2.05) is 6.92 Å². The number of ether oxygens (including phenoxy) is 4. The summed E-state index contributed by atoms with van der Waals surface area (Å²) in [4.78, 5) is 110. The molecule has 11 N–H and O–H groups in total. The van der Waals surface area contributed by atoms with Crippen LogP contribution in [0.4, 0.5) is 11.5 Å². The number of nitrogens with one attached hydrogen (secondary N) is 6. The lowest BCUT2D eigenvalue weighted by Crippen LogP contribution is -2.55. The van der Waals surface area contributed by atoms with Crippen molar-refractivity contribution in [3.05, 3.63) is 71.3 Å². The number of hydrogen-bond acceptors (Lipinski definition) is 17. The Morgan fingerprint density at radius 2 is 1.36 bits per heavy atom. The first-order valence-corrected chi connectivity index (χ1v) is 25.6. The highest BCUT2D eigenvalue weighted by atomic mass is 16.5. The highest BCUT2D eigenvalue weighted by Gasteiger charge is 2.29. The van der Waals surface area contributed by atoms with Gasteiger partial charge in [0.1, 0.15) is 12.1 Å². The van der Waals surface area contributed by atoms with Crippen LogP contribution in [0.2, 0.25) is 0 Å². The molecule has 0 aliphatic heterocycles. The molecule has 26 heteroatoms. The molecule has 2 aromatic carbocycles. The molecule has 0 saturated carbocycles. The van der Waals surface area contributed by atoms with Gasteiger partial charge in [-0.3, -0.25) is 38.1 Å². The SMILES string of the molecule is CCCCOc1nc(N)c2nc(O)n(Cc3ccc(C(=O)NCCCOCCOCCOCCCNC(=O)CCC(=O)Nc4ccc(/C=C/C(=O)NCC(=O)NC(C(=O)NC(CCC(=O)O)C(=O)O)C(C)C)cc4)cc3)c2n1. The number of aromatic hydroxyl groups is 1. The van der Waals surface area contributed by atoms with E-state index >= 15 is 0 Å². The number of unbranched alkanes of at least 4 members (excludes halogenated alkanes) is 1. The van der Waals surface area contributed by atoms with Crippen molar-refractivity contribution in [3.8, 4) is 12.0 Å². The molecular weight excluding hydrogens is 1020 g/mol. The molecule has 4 aromatic rings. The zero-order valence-corrected chi connectivity index (χ0v) is 44.0. The van der Waals surface area contributed by atoms with Crippen molar-refractivity contribution < 1.29 is 72.6 Å². The Morgan fingerprint density at radius 3 is 1.99 bits per heavy atom. The number of carboxylic acid groups (broad SMARTS) is 2. The summed E-state index contributed by atoms with van der Waals surface area (Å²) in [6.45, 7) is 8.56. The first-order valence-electron chi connectivity index (χ1n) is 25.6. The van der Waals surface area contributed by atoms with Crippen LogP contribution in [0.1, 0.15) is 93.6 Å². The van der Waals surface area contributed by atoms with Gasteiger partial charge >= 0.3 is 17.9 Å². The maximum Gasteiger partial charge on any atom is 0.326 e. The number of nitrogen functional groups attached to an aromatic ring is 1. The fourth-order valence-corrected chi connectivity index (χ4v) is 7.03. The summed E-state index contributed by atoms with van der Waals surface area (Å²) in [6, 6.07) is 10.7. The molecule has 2 unspecified atom stereocenters. The first kappa shape index (κ1) is 62.3. The van der Waals surface area contributed by atoms with Crippen molar-refractivity contribution in [1.82, 2.24) is 46.1 Å². The number of carbonyl (C=O) groups is 8. The van der Waals surface area contributed by atoms with E-state index in [4.69, 9.17) is 29.8 Å². The Hall–Kier alpha value is -8.23. The minimum Gasteiger partial charge on any atom is -0.481 e. The number of hydrogen-bond donors (Lipinski definition) is 10. The van der Waals surface area contributed by atoms with E-state index in [0.29, 0.717) is 94.6 Å². The number of anilines is 2. The first-order chi connectivity index (χ1) is 37.4. The molecule has 0 fully saturated rings. The van der Waals surface area contributed by atoms with Crippen molar-refractivity contribution in [2.24, 2.45) is 5.92 Å². The van der Waals surface area contributed by atoms with Crippen LogP contribution < -0.4 is 42.4 Å². The van der Waals surface area contributed by atoms with Crippen LogP contribution in [0.5, 0.6) is 12.0 Å². The van der Waals surface area contributed by atoms with Gasteiger partial charge < -0.3 is 71.9 Å². The number of aliphatic carboxylic acids is 2. The molecule has 2 atom stereocenters. The molecular formula is C52H71N11O15. The maximum atomic E-state index is 12.7. The summed E-state index contributed by atoms with van der Waals surface area (Å²) in [7, 11) is 0. The zero-order valence-electron chi connectivity index (χ0n) is 44.0. The third-order valence-corrected chi connectivity index (χ3v) is 11.3. The second-order valence-electron chi connectivity index (χ2n) is 18.0. The van der Waals surface area contributed by atoms with Gasteiger partial charge in [-0.05, 0) is 73.1 Å². The van der Waals surface area contributed by atoms with E-state index in [0.717, 1.165) is 18.4 Å². The van der Waals surface area contributed by atoms with Gasteiger partial charge in [-0.15, -0.1) is 0 Å². The number of amides is 6. The van der Waals surface area contributed by atoms with Crippen LogP contribution in [0.15, 0.2) is 54.6 Å². The fraction of sp³-hybridized carbons (Fsp3) is 0.481. The van der Waals surface area contributed by atoms with E-state index in [1.165, 1.54) is 16.7 Å². The largest absolute Gasteiger partial charge is 0.481 e. The maximum absolute atomic E-state index is 12.7. The standard InChI is InChI=1S/C52H71N11O15/c1-4-5-26-78-51-61-46(53)45-47(62-51)63(52(74)60-45)32-35-8-13-36(14-9-35)48(70)55-23-7-25-76-28-30-77-29-27-75-24-6-22-54-39(64)19-20-41(66)57-37-15-10-34(11-16-37)12-18-40(65)56-31-42(67)59-44(33(2)3)49(71)58-38(50(72)73)17-21-43(68)69/h8-16,18,33,38,44H,4-7,17,19-32H2,1-3H3,(H,54,64)(H,55,70)(H,56,65)(H,57,66)(H,58,71)(H,59,67)(H,60,74)(H,68,69)(H,72,73)(H2,53,61,62)/b18-12+. The summed E-state index contributed by atoms with van der Waals surface area (Å²) in [5.41, 5.74) is 9.01. The van der Waals surface area contributed by atoms with Crippen molar-refractivity contribution in [2.75, 3.05) is 76.9 Å². The van der Waals surface area contributed by atoms with E-state index < -0.39 is 60.6 Å². The molecule has 0 radical (unpaired) electrons. The number of fused-ring (bicyclic) bond motifs is 1. The summed E-state index contributed by atoms with van der Waals surface area (Å²) in [5, 5.41) is 44.1. The number of carboxylic acids is 2. The van der Waals surface area contributed by atoms with Crippen LogP contribution in [-0.4, -0.2) is 160 Å². The van der Waals surface area contributed by atoms with E-state index in [-0.39, 0.29) is 66.9 Å². The lowest BCUT2D eigenvalue weighted by atomic mass is 10.0. The van der Waals surface area contributed by atoms with E-state index in [2.05, 4.69) is 46.9 Å². The topological polar surface area (TPSA) is 376 Å². The third kappa shape index (κ3) is 22.9. The monoisotopic (exact) mass is 1090 g/mol. The van der Waals surface area contributed by atoms with Crippen molar-refractivity contribution in [2.45, 2.75) is 90.8 Å². The van der Waals surface area contributed by atoms with Crippen LogP contribution in [0.25, 0.3) is 17.2 Å². The van der Waals surface area contributed by atoms with Gasteiger partial charge in [0.15, 0.2) is 17.0 Å².